The van der Waals surface area contributed by atoms with E-state index >= 15 is 0 Å². The van der Waals surface area contributed by atoms with Crippen LogP contribution in [0.5, 0.6) is 23.0 Å². The third kappa shape index (κ3) is 13.6. The van der Waals surface area contributed by atoms with Crippen molar-refractivity contribution in [1.29, 1.82) is 0 Å². The fourth-order valence-corrected chi connectivity index (χ4v) is 9.50. The highest BCUT2D eigenvalue weighted by Crippen LogP contribution is 2.42. The largest absolute Gasteiger partial charge is 0.493 e. The Morgan fingerprint density at radius 2 is 0.676 bits per heavy atom. The van der Waals surface area contributed by atoms with Crippen molar-refractivity contribution in [2.45, 2.75) is 130 Å². The maximum Gasteiger partial charge on any atom is 0.126 e. The molecule has 7 rings (SSSR count). The van der Waals surface area contributed by atoms with Crippen molar-refractivity contribution in [3.05, 3.63) is 190 Å². The lowest BCUT2D eigenvalue weighted by Gasteiger charge is -2.24. The number of aryl methyl sites for hydroxylation is 2. The first-order valence-electron chi connectivity index (χ1n) is 25.8. The lowest BCUT2D eigenvalue weighted by atomic mass is 9.88. The highest BCUT2D eigenvalue weighted by Gasteiger charge is 2.24. The lowest BCUT2D eigenvalue weighted by molar-refractivity contribution is 0.296. The molecule has 0 saturated heterocycles. The Kier molecular flexibility index (Phi) is 19.0. The molecule has 68 heavy (non-hydrogen) atoms. The molecule has 0 spiro atoms. The number of ether oxygens (including phenoxy) is 4. The number of fused-ring (bicyclic) bond motifs is 8. The molecule has 0 N–H and O–H groups in total. The summed E-state index contributed by atoms with van der Waals surface area (Å²) in [7, 11) is 0. The van der Waals surface area contributed by atoms with E-state index in [1.165, 1.54) is 81.3 Å². The molecule has 0 radical (unpaired) electrons. The minimum Gasteiger partial charge on any atom is -0.493 e. The third-order valence-corrected chi connectivity index (χ3v) is 13.1. The Hall–Kier alpha value is -6.00. The first kappa shape index (κ1) is 49.9. The topological polar surface area (TPSA) is 36.9 Å². The minimum atomic E-state index is 0.632. The SMILES string of the molecule is C=CCCCCCCOc1c2cc(-c3ccc(C)cc3)cc1Cc1cccc(c1OCCC)Cc1cc(-c3ccc(C)cc3)cc(c1OCCCCCCC=C)Cc1cccc(c1OCCC)C2. The van der Waals surface area contributed by atoms with Gasteiger partial charge in [-0.15, -0.1) is 13.2 Å². The van der Waals surface area contributed by atoms with Crippen molar-refractivity contribution in [2.24, 2.45) is 0 Å². The van der Waals surface area contributed by atoms with Crippen LogP contribution in [0.3, 0.4) is 0 Å². The van der Waals surface area contributed by atoms with Crippen molar-refractivity contribution >= 4 is 0 Å². The van der Waals surface area contributed by atoms with Crippen LogP contribution < -0.4 is 18.9 Å². The fourth-order valence-electron chi connectivity index (χ4n) is 9.50. The van der Waals surface area contributed by atoms with Crippen LogP contribution in [0, 0.1) is 13.8 Å². The number of hydrogen-bond donors (Lipinski definition) is 0. The van der Waals surface area contributed by atoms with E-state index in [4.69, 9.17) is 18.9 Å². The van der Waals surface area contributed by atoms with Crippen LogP contribution >= 0.6 is 0 Å². The van der Waals surface area contributed by atoms with Crippen LogP contribution in [-0.4, -0.2) is 26.4 Å². The summed E-state index contributed by atoms with van der Waals surface area (Å²) in [5, 5.41) is 0. The predicted octanol–water partition coefficient (Wildman–Crippen LogP) is 16.9. The summed E-state index contributed by atoms with van der Waals surface area (Å²) >= 11 is 0. The molecule has 8 bridgehead atoms. The van der Waals surface area contributed by atoms with Crippen LogP contribution in [0.1, 0.15) is 147 Å². The van der Waals surface area contributed by atoms with E-state index in [2.05, 4.69) is 150 Å². The van der Waals surface area contributed by atoms with Crippen LogP contribution in [0.4, 0.5) is 0 Å². The molecule has 0 heterocycles. The first-order chi connectivity index (χ1) is 33.4. The van der Waals surface area contributed by atoms with Gasteiger partial charge in [0.05, 0.1) is 26.4 Å². The number of para-hydroxylation sites is 2. The second kappa shape index (κ2) is 25.9. The number of hydrogen-bond acceptors (Lipinski definition) is 4. The van der Waals surface area contributed by atoms with Gasteiger partial charge in [-0.05, 0) is 156 Å². The number of allylic oxidation sites excluding steroid dienone is 2. The molecule has 0 amide bonds. The van der Waals surface area contributed by atoms with Gasteiger partial charge in [0.25, 0.3) is 0 Å². The van der Waals surface area contributed by atoms with Crippen molar-refractivity contribution < 1.29 is 18.9 Å². The molecule has 0 unspecified atom stereocenters. The van der Waals surface area contributed by atoms with E-state index in [-0.39, 0.29) is 0 Å². The molecule has 0 saturated carbocycles. The lowest BCUT2D eigenvalue weighted by Crippen LogP contribution is -2.10. The quantitative estimate of drug-likeness (QED) is 0.0447. The van der Waals surface area contributed by atoms with Gasteiger partial charge in [0.1, 0.15) is 23.0 Å². The number of unbranched alkanes of at least 4 members (excludes halogenated alkanes) is 8. The van der Waals surface area contributed by atoms with E-state index in [1.54, 1.807) is 0 Å². The zero-order chi connectivity index (χ0) is 47.5. The minimum absolute atomic E-state index is 0.632. The summed E-state index contributed by atoms with van der Waals surface area (Å²) in [6.07, 6.45) is 19.6. The molecule has 1 aliphatic carbocycles. The Bertz CT molecular complexity index is 2280. The molecule has 4 nitrogen and oxygen atoms in total. The highest BCUT2D eigenvalue weighted by molar-refractivity contribution is 5.71. The molecule has 6 aromatic rings. The van der Waals surface area contributed by atoms with Gasteiger partial charge in [-0.1, -0.05) is 148 Å². The second-order valence-corrected chi connectivity index (χ2v) is 18.9. The van der Waals surface area contributed by atoms with Gasteiger partial charge in [-0.2, -0.15) is 0 Å². The van der Waals surface area contributed by atoms with Gasteiger partial charge in [-0.3, -0.25) is 0 Å². The van der Waals surface area contributed by atoms with Crippen LogP contribution in [0.25, 0.3) is 22.3 Å². The molecule has 0 fully saturated rings. The number of rotatable bonds is 24. The predicted molar refractivity (Wildman–Crippen MR) is 286 cm³/mol. The van der Waals surface area contributed by atoms with Gasteiger partial charge >= 0.3 is 0 Å². The van der Waals surface area contributed by atoms with Gasteiger partial charge < -0.3 is 18.9 Å². The summed E-state index contributed by atoms with van der Waals surface area (Å²) in [5.74, 6) is 3.89. The summed E-state index contributed by atoms with van der Waals surface area (Å²) in [6.45, 7) is 19.1. The molecule has 4 heteroatoms. The normalized spacial score (nSPS) is 12.1. The van der Waals surface area contributed by atoms with E-state index in [0.29, 0.717) is 52.1 Å². The van der Waals surface area contributed by atoms with Crippen molar-refractivity contribution in [3.8, 4) is 45.3 Å². The molecular weight excluding hydrogens is 833 g/mol. The summed E-state index contributed by atoms with van der Waals surface area (Å²) in [5.41, 5.74) is 16.6. The Balaban J connectivity index is 1.44. The Morgan fingerprint density at radius 3 is 1.00 bits per heavy atom. The second-order valence-electron chi connectivity index (χ2n) is 18.9. The number of benzene rings is 6. The monoisotopic (exact) mass is 909 g/mol. The van der Waals surface area contributed by atoms with E-state index in [9.17, 15) is 0 Å². The third-order valence-electron chi connectivity index (χ3n) is 13.1. The standard InChI is InChI=1S/C64H76O4/c1-7-11-13-15-17-19-37-67-63-57-39-51-23-21-25-53(61(51)65-35-9-3)41-59-45-56(50-33-29-48(6)30-34-50)46-60(64(59)68-38-20-18-16-14-12-8-2)42-54-26-22-24-52(62(54)66-36-10-4)40-58(63)44-55(43-57)49-31-27-47(5)28-32-49/h7-8,21-34,43-46H,1-2,9-20,35-42H2,3-6H3. The molecule has 0 aromatic heterocycles. The van der Waals surface area contributed by atoms with Crippen molar-refractivity contribution in [3.63, 3.8) is 0 Å². The maximum atomic E-state index is 7.08. The zero-order valence-corrected chi connectivity index (χ0v) is 41.7. The molecule has 0 aliphatic heterocycles. The molecule has 0 atom stereocenters. The van der Waals surface area contributed by atoms with E-state index < -0.39 is 0 Å². The van der Waals surface area contributed by atoms with Crippen LogP contribution in [-0.2, 0) is 25.7 Å². The summed E-state index contributed by atoms with van der Waals surface area (Å²) < 4.78 is 28.0. The van der Waals surface area contributed by atoms with Gasteiger partial charge in [0.2, 0.25) is 0 Å². The molecular formula is C64H76O4. The van der Waals surface area contributed by atoms with Gasteiger partial charge in [0, 0.05) is 25.7 Å². The van der Waals surface area contributed by atoms with Gasteiger partial charge in [0.15, 0.2) is 0 Å². The van der Waals surface area contributed by atoms with E-state index in [1.807, 2.05) is 12.2 Å². The highest BCUT2D eigenvalue weighted by atomic mass is 16.5. The zero-order valence-electron chi connectivity index (χ0n) is 41.7. The molecule has 1 aliphatic rings. The van der Waals surface area contributed by atoms with Crippen LogP contribution in [0.15, 0.2) is 135 Å². The van der Waals surface area contributed by atoms with Crippen LogP contribution in [0.2, 0.25) is 0 Å². The summed E-state index contributed by atoms with van der Waals surface area (Å²) in [6, 6.07) is 40.8. The molecule has 356 valence electrons. The Morgan fingerprint density at radius 1 is 0.368 bits per heavy atom. The van der Waals surface area contributed by atoms with Crippen molar-refractivity contribution in [1.82, 2.24) is 0 Å². The average Bonchev–Trinajstić information content (AvgIpc) is 3.34. The Labute approximate surface area is 409 Å². The maximum absolute atomic E-state index is 7.08. The van der Waals surface area contributed by atoms with E-state index in [0.717, 1.165) is 96.6 Å². The first-order valence-corrected chi connectivity index (χ1v) is 25.8. The smallest absolute Gasteiger partial charge is 0.126 e. The van der Waals surface area contributed by atoms with Crippen molar-refractivity contribution in [2.75, 3.05) is 26.4 Å². The fraction of sp³-hybridized carbons (Fsp3) is 0.375. The average molecular weight is 909 g/mol. The molecule has 6 aromatic carbocycles. The summed E-state index contributed by atoms with van der Waals surface area (Å²) in [4.78, 5) is 0. The van der Waals surface area contributed by atoms with Gasteiger partial charge in [-0.25, -0.2) is 0 Å².